The van der Waals surface area contributed by atoms with Crippen LogP contribution in [0.15, 0.2) is 67.0 Å². The van der Waals surface area contributed by atoms with Gasteiger partial charge in [-0.25, -0.2) is 9.07 Å². The summed E-state index contributed by atoms with van der Waals surface area (Å²) in [6.45, 7) is 0.787. The number of aromatic nitrogens is 2. The van der Waals surface area contributed by atoms with Crippen molar-refractivity contribution in [3.05, 3.63) is 78.4 Å². The van der Waals surface area contributed by atoms with Gasteiger partial charge in [0.05, 0.1) is 18.0 Å². The van der Waals surface area contributed by atoms with Crippen molar-refractivity contribution < 1.29 is 14.0 Å². The van der Waals surface area contributed by atoms with Gasteiger partial charge in [0.25, 0.3) is 0 Å². The Kier molecular flexibility index (Phi) is 4.89. The number of halogens is 1. The molecule has 1 aliphatic rings. The Morgan fingerprint density at radius 2 is 1.89 bits per heavy atom. The maximum atomic E-state index is 12.9. The first-order valence-electron chi connectivity index (χ1n) is 9.01. The largest absolute Gasteiger partial charge is 0.341 e. The number of hydrogen-bond acceptors (Lipinski definition) is 3. The lowest BCUT2D eigenvalue weighted by Crippen LogP contribution is -2.54. The van der Waals surface area contributed by atoms with Gasteiger partial charge in [0, 0.05) is 31.2 Å². The number of nitrogens with zero attached hydrogens (tertiary/aromatic N) is 3. The highest BCUT2D eigenvalue weighted by Gasteiger charge is 2.35. The van der Waals surface area contributed by atoms with Crippen molar-refractivity contribution in [1.29, 1.82) is 0 Å². The first-order valence-corrected chi connectivity index (χ1v) is 9.01. The van der Waals surface area contributed by atoms with Crippen LogP contribution in [-0.4, -0.2) is 39.6 Å². The van der Waals surface area contributed by atoms with Crippen LogP contribution in [0.25, 0.3) is 5.69 Å². The molecule has 1 aliphatic heterocycles. The van der Waals surface area contributed by atoms with Gasteiger partial charge < -0.3 is 10.2 Å². The summed E-state index contributed by atoms with van der Waals surface area (Å²) < 4.78 is 14.7. The van der Waals surface area contributed by atoms with Crippen molar-refractivity contribution in [2.75, 3.05) is 18.4 Å². The van der Waals surface area contributed by atoms with E-state index in [-0.39, 0.29) is 30.0 Å². The van der Waals surface area contributed by atoms with Crippen LogP contribution in [0.4, 0.5) is 10.1 Å². The normalized spacial score (nSPS) is 13.8. The molecule has 0 bridgehead atoms. The van der Waals surface area contributed by atoms with Crippen molar-refractivity contribution in [2.45, 2.75) is 6.42 Å². The van der Waals surface area contributed by atoms with Crippen LogP contribution in [0, 0.1) is 11.7 Å². The number of likely N-dealkylation sites (tertiary alicyclic amines) is 1. The summed E-state index contributed by atoms with van der Waals surface area (Å²) in [5.41, 5.74) is 2.30. The van der Waals surface area contributed by atoms with Crippen LogP contribution >= 0.6 is 0 Å². The van der Waals surface area contributed by atoms with E-state index in [0.717, 1.165) is 11.3 Å². The van der Waals surface area contributed by atoms with Gasteiger partial charge in [0.2, 0.25) is 11.8 Å². The van der Waals surface area contributed by atoms with Gasteiger partial charge in [-0.05, 0) is 42.0 Å². The van der Waals surface area contributed by atoms with Crippen molar-refractivity contribution >= 4 is 17.5 Å². The maximum Gasteiger partial charge on any atom is 0.231 e. The Bertz CT molecular complexity index is 980. The van der Waals surface area contributed by atoms with Gasteiger partial charge in [0.15, 0.2) is 0 Å². The summed E-state index contributed by atoms with van der Waals surface area (Å²) in [5, 5.41) is 7.08. The summed E-state index contributed by atoms with van der Waals surface area (Å²) in [7, 11) is 0. The molecule has 142 valence electrons. The van der Waals surface area contributed by atoms with Gasteiger partial charge in [-0.3, -0.25) is 9.59 Å². The molecule has 2 aromatic carbocycles. The molecule has 3 aromatic rings. The first-order chi connectivity index (χ1) is 13.6. The SMILES string of the molecule is O=C(Nc1cccc(-n2cccn2)c1)C1CN(C(=O)Cc2ccc(F)cc2)C1. The lowest BCUT2D eigenvalue weighted by molar-refractivity contribution is -0.140. The second kappa shape index (κ2) is 7.64. The van der Waals surface area contributed by atoms with E-state index in [4.69, 9.17) is 0 Å². The van der Waals surface area contributed by atoms with E-state index in [9.17, 15) is 14.0 Å². The molecule has 4 rings (SSSR count). The van der Waals surface area contributed by atoms with E-state index in [1.165, 1.54) is 12.1 Å². The van der Waals surface area contributed by atoms with Crippen LogP contribution in [0.5, 0.6) is 0 Å². The number of carbonyl (C=O) groups is 2. The molecule has 7 heteroatoms. The summed E-state index contributed by atoms with van der Waals surface area (Å²) in [5.74, 6) is -0.723. The van der Waals surface area contributed by atoms with Crippen LogP contribution in [0.1, 0.15) is 5.56 Å². The molecule has 1 fully saturated rings. The predicted molar refractivity (Wildman–Crippen MR) is 102 cm³/mol. The Morgan fingerprint density at radius 3 is 2.61 bits per heavy atom. The quantitative estimate of drug-likeness (QED) is 0.742. The average molecular weight is 378 g/mol. The third-order valence-corrected chi connectivity index (χ3v) is 4.76. The Labute approximate surface area is 161 Å². The van der Waals surface area contributed by atoms with Crippen LogP contribution in [-0.2, 0) is 16.0 Å². The molecule has 1 saturated heterocycles. The summed E-state index contributed by atoms with van der Waals surface area (Å²) in [6, 6.07) is 15.1. The molecule has 0 radical (unpaired) electrons. The number of amides is 2. The molecule has 1 aromatic heterocycles. The smallest absolute Gasteiger partial charge is 0.231 e. The van der Waals surface area contributed by atoms with Crippen LogP contribution in [0.2, 0.25) is 0 Å². The van der Waals surface area contributed by atoms with E-state index in [0.29, 0.717) is 18.8 Å². The fourth-order valence-electron chi connectivity index (χ4n) is 3.13. The lowest BCUT2D eigenvalue weighted by Gasteiger charge is -2.38. The van der Waals surface area contributed by atoms with E-state index in [1.54, 1.807) is 27.9 Å². The van der Waals surface area contributed by atoms with E-state index >= 15 is 0 Å². The predicted octanol–water partition coefficient (Wildman–Crippen LogP) is 2.65. The zero-order valence-electron chi connectivity index (χ0n) is 15.1. The fraction of sp³-hybridized carbons (Fsp3) is 0.190. The first kappa shape index (κ1) is 17.9. The Balaban J connectivity index is 1.30. The van der Waals surface area contributed by atoms with Gasteiger partial charge in [-0.15, -0.1) is 0 Å². The van der Waals surface area contributed by atoms with Gasteiger partial charge in [-0.1, -0.05) is 18.2 Å². The fourth-order valence-corrected chi connectivity index (χ4v) is 3.13. The van der Waals surface area contributed by atoms with Crippen molar-refractivity contribution in [3.8, 4) is 5.69 Å². The molecule has 6 nitrogen and oxygen atoms in total. The maximum absolute atomic E-state index is 12.9. The topological polar surface area (TPSA) is 67.2 Å². The average Bonchev–Trinajstić information content (AvgIpc) is 3.17. The van der Waals surface area contributed by atoms with E-state index in [1.807, 2.05) is 36.5 Å². The lowest BCUT2D eigenvalue weighted by atomic mass is 9.97. The number of nitrogens with one attached hydrogen (secondary N) is 1. The second-order valence-electron chi connectivity index (χ2n) is 6.79. The minimum absolute atomic E-state index is 0.0589. The molecule has 1 N–H and O–H groups in total. The van der Waals surface area contributed by atoms with Crippen molar-refractivity contribution in [2.24, 2.45) is 5.92 Å². The van der Waals surface area contributed by atoms with Crippen molar-refractivity contribution in [1.82, 2.24) is 14.7 Å². The standard InChI is InChI=1S/C21H19FN4O2/c22-17-7-5-15(6-8-17)11-20(27)25-13-16(14-25)21(28)24-18-3-1-4-19(12-18)26-10-2-9-23-26/h1-10,12,16H,11,13-14H2,(H,24,28). The number of benzene rings is 2. The second-order valence-corrected chi connectivity index (χ2v) is 6.79. The van der Waals surface area contributed by atoms with E-state index < -0.39 is 0 Å². The zero-order chi connectivity index (χ0) is 19.5. The summed E-state index contributed by atoms with van der Waals surface area (Å²) >= 11 is 0. The highest BCUT2D eigenvalue weighted by molar-refractivity contribution is 5.95. The molecule has 2 amide bonds. The molecule has 2 heterocycles. The molecule has 0 unspecified atom stereocenters. The molecule has 0 atom stereocenters. The molecule has 0 spiro atoms. The van der Waals surface area contributed by atoms with Gasteiger partial charge in [0.1, 0.15) is 5.82 Å². The third kappa shape index (κ3) is 3.93. The highest BCUT2D eigenvalue weighted by atomic mass is 19.1. The molecule has 0 saturated carbocycles. The molecule has 0 aliphatic carbocycles. The highest BCUT2D eigenvalue weighted by Crippen LogP contribution is 2.21. The summed E-state index contributed by atoms with van der Waals surface area (Å²) in [4.78, 5) is 26.4. The third-order valence-electron chi connectivity index (χ3n) is 4.76. The molecular weight excluding hydrogens is 359 g/mol. The number of anilines is 1. The van der Waals surface area contributed by atoms with Crippen LogP contribution < -0.4 is 5.32 Å². The minimum atomic E-state index is -0.325. The zero-order valence-corrected chi connectivity index (χ0v) is 15.1. The molecular formula is C21H19FN4O2. The van der Waals surface area contributed by atoms with Crippen LogP contribution in [0.3, 0.4) is 0 Å². The monoisotopic (exact) mass is 378 g/mol. The number of rotatable bonds is 5. The molecule has 28 heavy (non-hydrogen) atoms. The van der Waals surface area contributed by atoms with Gasteiger partial charge >= 0.3 is 0 Å². The minimum Gasteiger partial charge on any atom is -0.341 e. The Morgan fingerprint density at radius 1 is 1.11 bits per heavy atom. The number of carbonyl (C=O) groups excluding carboxylic acids is 2. The number of hydrogen-bond donors (Lipinski definition) is 1. The van der Waals surface area contributed by atoms with E-state index in [2.05, 4.69) is 10.4 Å². The van der Waals surface area contributed by atoms with Crippen molar-refractivity contribution in [3.63, 3.8) is 0 Å². The van der Waals surface area contributed by atoms with Gasteiger partial charge in [-0.2, -0.15) is 5.10 Å². The Hall–Kier alpha value is -3.48. The summed E-state index contributed by atoms with van der Waals surface area (Å²) in [6.07, 6.45) is 3.73.